The van der Waals surface area contributed by atoms with Gasteiger partial charge in [0.05, 0.1) is 0 Å². The van der Waals surface area contributed by atoms with Crippen LogP contribution in [0.25, 0.3) is 111 Å². The molecule has 5 nitrogen and oxygen atoms in total. The smallest absolute Gasteiger partial charge is 0.164 e. The van der Waals surface area contributed by atoms with Crippen LogP contribution in [0.1, 0.15) is 5.56 Å². The van der Waals surface area contributed by atoms with Crippen molar-refractivity contribution in [1.29, 1.82) is 0 Å². The van der Waals surface area contributed by atoms with Crippen LogP contribution < -0.4 is 0 Å². The molecule has 3 heterocycles. The number of aryl methyl sites for hydroxylation is 1. The fourth-order valence-corrected chi connectivity index (χ4v) is 8.06. The summed E-state index contributed by atoms with van der Waals surface area (Å²) in [7, 11) is 0. The van der Waals surface area contributed by atoms with E-state index in [-0.39, 0.29) is 0 Å². The molecule has 0 amide bonds. The van der Waals surface area contributed by atoms with Crippen molar-refractivity contribution in [3.05, 3.63) is 188 Å². The first kappa shape index (κ1) is 32.8. The Labute approximate surface area is 328 Å². The molecule has 5 heteroatoms. The Morgan fingerprint density at radius 1 is 0.316 bits per heavy atom. The van der Waals surface area contributed by atoms with E-state index in [1.165, 1.54) is 16.7 Å². The van der Waals surface area contributed by atoms with Gasteiger partial charge in [-0.2, -0.15) is 0 Å². The minimum atomic E-state index is 0.555. The van der Waals surface area contributed by atoms with Crippen LogP contribution in [0, 0.1) is 6.92 Å². The van der Waals surface area contributed by atoms with Crippen molar-refractivity contribution in [3.63, 3.8) is 0 Å². The lowest BCUT2D eigenvalue weighted by Crippen LogP contribution is -2.00. The molecule has 3 aromatic heterocycles. The van der Waals surface area contributed by atoms with Crippen LogP contribution in [0.3, 0.4) is 0 Å². The molecule has 0 N–H and O–H groups in total. The van der Waals surface area contributed by atoms with E-state index in [0.29, 0.717) is 17.5 Å². The van der Waals surface area contributed by atoms with Crippen LogP contribution >= 0.6 is 0 Å². The number of furan rings is 2. The fourth-order valence-electron chi connectivity index (χ4n) is 8.06. The van der Waals surface area contributed by atoms with Crippen molar-refractivity contribution in [1.82, 2.24) is 15.0 Å². The van der Waals surface area contributed by atoms with E-state index in [1.807, 2.05) is 42.5 Å². The van der Waals surface area contributed by atoms with Gasteiger partial charge in [-0.1, -0.05) is 151 Å². The molecule has 11 rings (SSSR count). The molecule has 0 spiro atoms. The highest BCUT2D eigenvalue weighted by Crippen LogP contribution is 2.40. The summed E-state index contributed by atoms with van der Waals surface area (Å²) >= 11 is 0. The number of hydrogen-bond donors (Lipinski definition) is 0. The largest absolute Gasteiger partial charge is 0.456 e. The molecule has 0 aliphatic rings. The molecular weight excluding hydrogens is 699 g/mol. The summed E-state index contributed by atoms with van der Waals surface area (Å²) in [4.78, 5) is 15.5. The molecular formula is C52H33N3O2. The van der Waals surface area contributed by atoms with Gasteiger partial charge in [0, 0.05) is 38.2 Å². The first-order valence-corrected chi connectivity index (χ1v) is 19.1. The van der Waals surface area contributed by atoms with E-state index >= 15 is 0 Å². The monoisotopic (exact) mass is 731 g/mol. The van der Waals surface area contributed by atoms with Crippen LogP contribution in [-0.2, 0) is 0 Å². The average Bonchev–Trinajstić information content (AvgIpc) is 3.85. The van der Waals surface area contributed by atoms with Gasteiger partial charge in [-0.15, -0.1) is 0 Å². The first-order valence-electron chi connectivity index (χ1n) is 19.1. The van der Waals surface area contributed by atoms with E-state index in [4.69, 9.17) is 23.8 Å². The van der Waals surface area contributed by atoms with Crippen LogP contribution in [0.5, 0.6) is 0 Å². The van der Waals surface area contributed by atoms with Gasteiger partial charge >= 0.3 is 0 Å². The second-order valence-electron chi connectivity index (χ2n) is 14.5. The number of fused-ring (bicyclic) bond motifs is 6. The molecule has 57 heavy (non-hydrogen) atoms. The second-order valence-corrected chi connectivity index (χ2v) is 14.5. The maximum absolute atomic E-state index is 6.59. The maximum atomic E-state index is 6.59. The molecule has 11 aromatic rings. The lowest BCUT2D eigenvalue weighted by atomic mass is 9.96. The predicted molar refractivity (Wildman–Crippen MR) is 232 cm³/mol. The molecule has 8 aromatic carbocycles. The predicted octanol–water partition coefficient (Wildman–Crippen LogP) is 14.0. The zero-order valence-electron chi connectivity index (χ0n) is 31.0. The summed E-state index contributed by atoms with van der Waals surface area (Å²) in [5.74, 6) is 1.71. The molecule has 0 radical (unpaired) electrons. The summed E-state index contributed by atoms with van der Waals surface area (Å²) in [6, 6.07) is 62.8. The lowest BCUT2D eigenvalue weighted by molar-refractivity contribution is 0.668. The minimum absolute atomic E-state index is 0.555. The SMILES string of the molecule is Cc1cccc(-c2cccc(-c3nc(-c4ccc5c(c4)oc4cccc(-c6ccc(-c7ccccc7)cc6)c45)nc(-c4cccc5oc6ccccc6c45)n3)c2)c1. The van der Waals surface area contributed by atoms with Crippen molar-refractivity contribution >= 4 is 43.9 Å². The highest BCUT2D eigenvalue weighted by atomic mass is 16.3. The Morgan fingerprint density at radius 2 is 0.825 bits per heavy atom. The van der Waals surface area contributed by atoms with Crippen LogP contribution in [0.15, 0.2) is 191 Å². The van der Waals surface area contributed by atoms with Gasteiger partial charge < -0.3 is 8.83 Å². The average molecular weight is 732 g/mol. The molecule has 0 atom stereocenters. The Bertz CT molecular complexity index is 3310. The summed E-state index contributed by atoms with van der Waals surface area (Å²) in [6.45, 7) is 2.11. The van der Waals surface area contributed by atoms with Crippen LogP contribution in [-0.4, -0.2) is 15.0 Å². The zero-order valence-corrected chi connectivity index (χ0v) is 31.0. The first-order chi connectivity index (χ1) is 28.1. The molecule has 0 fully saturated rings. The molecule has 0 saturated heterocycles. The second kappa shape index (κ2) is 13.3. The third-order valence-electron chi connectivity index (χ3n) is 10.8. The van der Waals surface area contributed by atoms with E-state index in [2.05, 4.69) is 146 Å². The Morgan fingerprint density at radius 3 is 1.61 bits per heavy atom. The Hall–Kier alpha value is -7.63. The van der Waals surface area contributed by atoms with E-state index < -0.39 is 0 Å². The molecule has 0 saturated carbocycles. The Balaban J connectivity index is 1.07. The van der Waals surface area contributed by atoms with Crippen LogP contribution in [0.2, 0.25) is 0 Å². The standard InChI is InChI=1S/C52H33N3O2/c1-32-11-7-14-36(29-32)37-15-8-16-38(30-37)50-53-51(55-52(54-50)43-19-10-22-46-49(43)41-17-5-6-20-44(41)56-46)39-27-28-42-47(31-39)57-45-21-9-18-40(48(42)45)35-25-23-34(24-26-35)33-12-3-2-4-13-33/h2-31H,1H3. The number of aromatic nitrogens is 3. The van der Waals surface area contributed by atoms with Crippen molar-refractivity contribution < 1.29 is 8.83 Å². The highest BCUT2D eigenvalue weighted by molar-refractivity contribution is 6.13. The quantitative estimate of drug-likeness (QED) is 0.170. The molecule has 268 valence electrons. The summed E-state index contributed by atoms with van der Waals surface area (Å²) in [5, 5.41) is 4.10. The van der Waals surface area contributed by atoms with Crippen molar-refractivity contribution in [3.8, 4) is 67.5 Å². The van der Waals surface area contributed by atoms with Crippen molar-refractivity contribution in [2.75, 3.05) is 0 Å². The Kier molecular flexibility index (Phi) is 7.64. The number of rotatable bonds is 6. The van der Waals surface area contributed by atoms with Gasteiger partial charge in [-0.05, 0) is 76.7 Å². The van der Waals surface area contributed by atoms with Gasteiger partial charge in [0.2, 0.25) is 0 Å². The summed E-state index contributed by atoms with van der Waals surface area (Å²) in [5.41, 5.74) is 13.9. The topological polar surface area (TPSA) is 65.0 Å². The molecule has 0 aliphatic carbocycles. The molecule has 0 aliphatic heterocycles. The van der Waals surface area contributed by atoms with Gasteiger partial charge in [0.15, 0.2) is 17.5 Å². The van der Waals surface area contributed by atoms with Gasteiger partial charge in [-0.25, -0.2) is 15.0 Å². The van der Waals surface area contributed by atoms with Crippen molar-refractivity contribution in [2.45, 2.75) is 6.92 Å². The molecule has 0 bridgehead atoms. The molecule has 0 unspecified atom stereocenters. The van der Waals surface area contributed by atoms with Gasteiger partial charge in [-0.3, -0.25) is 0 Å². The van der Waals surface area contributed by atoms with E-state index in [0.717, 1.165) is 82.8 Å². The fraction of sp³-hybridized carbons (Fsp3) is 0.0192. The third kappa shape index (κ3) is 5.76. The highest BCUT2D eigenvalue weighted by Gasteiger charge is 2.20. The lowest BCUT2D eigenvalue weighted by Gasteiger charge is -2.10. The summed E-state index contributed by atoms with van der Waals surface area (Å²) in [6.07, 6.45) is 0. The number of hydrogen-bond acceptors (Lipinski definition) is 5. The summed E-state index contributed by atoms with van der Waals surface area (Å²) < 4.78 is 12.9. The van der Waals surface area contributed by atoms with E-state index in [1.54, 1.807) is 0 Å². The van der Waals surface area contributed by atoms with Gasteiger partial charge in [0.25, 0.3) is 0 Å². The van der Waals surface area contributed by atoms with Crippen LogP contribution in [0.4, 0.5) is 0 Å². The van der Waals surface area contributed by atoms with Crippen molar-refractivity contribution in [2.24, 2.45) is 0 Å². The van der Waals surface area contributed by atoms with Gasteiger partial charge in [0.1, 0.15) is 22.3 Å². The maximum Gasteiger partial charge on any atom is 0.164 e. The van der Waals surface area contributed by atoms with E-state index in [9.17, 15) is 0 Å². The third-order valence-corrected chi connectivity index (χ3v) is 10.8. The normalized spacial score (nSPS) is 11.6. The number of para-hydroxylation sites is 1. The number of nitrogens with zero attached hydrogens (tertiary/aromatic N) is 3. The number of benzene rings is 8. The zero-order chi connectivity index (χ0) is 37.9. The minimum Gasteiger partial charge on any atom is -0.456 e.